The number of ether oxygens (including phenoxy) is 1. The molecule has 0 saturated carbocycles. The zero-order chi connectivity index (χ0) is 11.4. The van der Waals surface area contributed by atoms with Crippen molar-refractivity contribution in [3.8, 4) is 0 Å². The van der Waals surface area contributed by atoms with Crippen molar-refractivity contribution in [2.75, 3.05) is 21.2 Å². The fourth-order valence-electron chi connectivity index (χ4n) is 0.930. The lowest BCUT2D eigenvalue weighted by Crippen LogP contribution is -2.36. The summed E-state index contributed by atoms with van der Waals surface area (Å²) in [5.41, 5.74) is 2.69. The molecule has 6 heteroatoms. The molecule has 82 valence electrons. The number of nitrogens with zero attached hydrogens (tertiary/aromatic N) is 1. The number of carbonyl (C=O) groups excluding carboxylic acids is 2. The number of amides is 1. The smallest absolute Gasteiger partial charge is 0.348 e. The molecule has 1 amide bonds. The van der Waals surface area contributed by atoms with Gasteiger partial charge in [-0.2, -0.15) is 0 Å². The summed E-state index contributed by atoms with van der Waals surface area (Å²) in [7, 11) is 4.57. The summed E-state index contributed by atoms with van der Waals surface area (Å²) in [6, 6.07) is 3.18. The van der Waals surface area contributed by atoms with Crippen molar-refractivity contribution >= 4 is 23.2 Å². The van der Waals surface area contributed by atoms with Crippen molar-refractivity contribution in [3.05, 3.63) is 21.9 Å². The lowest BCUT2D eigenvalue weighted by molar-refractivity contribution is 0.0606. The number of rotatable bonds is 3. The van der Waals surface area contributed by atoms with E-state index < -0.39 is 5.97 Å². The Bertz CT molecular complexity index is 375. The number of hydrazine groups is 1. The maximum atomic E-state index is 11.6. The summed E-state index contributed by atoms with van der Waals surface area (Å²) in [5, 5.41) is 1.34. The van der Waals surface area contributed by atoms with E-state index in [1.807, 2.05) is 0 Å². The number of hydrogen-bond donors (Lipinski definition) is 1. The number of nitrogens with one attached hydrogen (secondary N) is 1. The molecule has 1 heterocycles. The molecule has 5 nitrogen and oxygen atoms in total. The second-order valence-corrected chi connectivity index (χ2v) is 3.83. The van der Waals surface area contributed by atoms with Crippen LogP contribution in [0.1, 0.15) is 19.3 Å². The molecule has 1 rings (SSSR count). The van der Waals surface area contributed by atoms with Gasteiger partial charge < -0.3 is 4.74 Å². The SMILES string of the molecule is CNN(C)C(=O)c1ccc(C(=O)OC)s1. The summed E-state index contributed by atoms with van der Waals surface area (Å²) >= 11 is 1.11. The topological polar surface area (TPSA) is 58.6 Å². The molecule has 1 N–H and O–H groups in total. The molecular formula is C9H12N2O3S. The summed E-state index contributed by atoms with van der Waals surface area (Å²) in [6.07, 6.45) is 0. The van der Waals surface area contributed by atoms with E-state index >= 15 is 0 Å². The van der Waals surface area contributed by atoms with Gasteiger partial charge in [-0.05, 0) is 12.1 Å². The predicted octanol–water partition coefficient (Wildman–Crippen LogP) is 0.741. The summed E-state index contributed by atoms with van der Waals surface area (Å²) < 4.78 is 4.55. The Kier molecular flexibility index (Phi) is 3.81. The third-order valence-corrected chi connectivity index (χ3v) is 2.90. The van der Waals surface area contributed by atoms with Crippen molar-refractivity contribution < 1.29 is 14.3 Å². The third kappa shape index (κ3) is 2.54. The first-order chi connectivity index (χ1) is 7.10. The molecule has 0 spiro atoms. The molecule has 0 unspecified atom stereocenters. The van der Waals surface area contributed by atoms with Gasteiger partial charge >= 0.3 is 5.97 Å². The first kappa shape index (κ1) is 11.7. The molecule has 0 aliphatic carbocycles. The Labute approximate surface area is 91.6 Å². The average Bonchev–Trinajstić information content (AvgIpc) is 2.75. The van der Waals surface area contributed by atoms with Crippen molar-refractivity contribution in [3.63, 3.8) is 0 Å². The normalized spacial score (nSPS) is 9.80. The van der Waals surface area contributed by atoms with Crippen LogP contribution in [-0.2, 0) is 4.74 Å². The van der Waals surface area contributed by atoms with Gasteiger partial charge in [-0.25, -0.2) is 10.2 Å². The highest BCUT2D eigenvalue weighted by atomic mass is 32.1. The zero-order valence-corrected chi connectivity index (χ0v) is 9.55. The zero-order valence-electron chi connectivity index (χ0n) is 8.73. The Morgan fingerprint density at radius 2 is 2.00 bits per heavy atom. The summed E-state index contributed by atoms with van der Waals surface area (Å²) in [4.78, 5) is 23.7. The van der Waals surface area contributed by atoms with Gasteiger partial charge in [-0.1, -0.05) is 0 Å². The molecule has 15 heavy (non-hydrogen) atoms. The highest BCUT2D eigenvalue weighted by Crippen LogP contribution is 2.18. The van der Waals surface area contributed by atoms with E-state index in [0.717, 1.165) is 11.3 Å². The Hall–Kier alpha value is -1.40. The Morgan fingerprint density at radius 1 is 1.40 bits per heavy atom. The molecule has 0 aliphatic heterocycles. The van der Waals surface area contributed by atoms with Gasteiger partial charge in [0.1, 0.15) is 4.88 Å². The van der Waals surface area contributed by atoms with Gasteiger partial charge in [-0.15, -0.1) is 11.3 Å². The lowest BCUT2D eigenvalue weighted by atomic mass is 10.4. The lowest BCUT2D eigenvalue weighted by Gasteiger charge is -2.13. The molecule has 0 aliphatic rings. The molecular weight excluding hydrogens is 216 g/mol. The minimum Gasteiger partial charge on any atom is -0.465 e. The van der Waals surface area contributed by atoms with Crippen LogP contribution in [0.15, 0.2) is 12.1 Å². The maximum Gasteiger partial charge on any atom is 0.348 e. The molecule has 0 saturated heterocycles. The van der Waals surface area contributed by atoms with Crippen LogP contribution < -0.4 is 5.43 Å². The summed E-state index contributed by atoms with van der Waals surface area (Å²) in [6.45, 7) is 0. The minimum atomic E-state index is -0.425. The van der Waals surface area contributed by atoms with Gasteiger partial charge in [0.25, 0.3) is 5.91 Å². The number of carbonyl (C=O) groups is 2. The number of hydrogen-bond acceptors (Lipinski definition) is 5. The van der Waals surface area contributed by atoms with E-state index in [9.17, 15) is 9.59 Å². The Morgan fingerprint density at radius 3 is 2.53 bits per heavy atom. The van der Waals surface area contributed by atoms with Crippen LogP contribution in [-0.4, -0.2) is 38.1 Å². The van der Waals surface area contributed by atoms with Crippen LogP contribution in [0.3, 0.4) is 0 Å². The van der Waals surface area contributed by atoms with Gasteiger partial charge in [0.15, 0.2) is 0 Å². The molecule has 1 aromatic rings. The monoisotopic (exact) mass is 228 g/mol. The van der Waals surface area contributed by atoms with E-state index in [0.29, 0.717) is 9.75 Å². The third-order valence-electron chi connectivity index (χ3n) is 1.84. The molecule has 0 fully saturated rings. The number of methoxy groups -OCH3 is 1. The maximum absolute atomic E-state index is 11.6. The van der Waals surface area contributed by atoms with Crippen LogP contribution in [0, 0.1) is 0 Å². The van der Waals surface area contributed by atoms with Crippen molar-refractivity contribution in [2.45, 2.75) is 0 Å². The average molecular weight is 228 g/mol. The second kappa shape index (κ2) is 4.90. The first-order valence-corrected chi connectivity index (χ1v) is 5.05. The largest absolute Gasteiger partial charge is 0.465 e. The van der Waals surface area contributed by atoms with Crippen molar-refractivity contribution in [2.24, 2.45) is 0 Å². The van der Waals surface area contributed by atoms with Gasteiger partial charge in [0.05, 0.1) is 12.0 Å². The highest BCUT2D eigenvalue weighted by Gasteiger charge is 2.16. The summed E-state index contributed by atoms with van der Waals surface area (Å²) in [5.74, 6) is -0.608. The van der Waals surface area contributed by atoms with Crippen molar-refractivity contribution in [1.82, 2.24) is 10.4 Å². The first-order valence-electron chi connectivity index (χ1n) is 4.23. The van der Waals surface area contributed by atoms with Gasteiger partial charge in [0.2, 0.25) is 0 Å². The van der Waals surface area contributed by atoms with E-state index in [1.54, 1.807) is 26.2 Å². The standard InChI is InChI=1S/C9H12N2O3S/c1-10-11(2)8(12)6-4-5-7(15-6)9(13)14-3/h4-5,10H,1-3H3. The van der Waals surface area contributed by atoms with E-state index in [1.165, 1.54) is 12.1 Å². The van der Waals surface area contributed by atoms with Crippen LogP contribution >= 0.6 is 11.3 Å². The predicted molar refractivity (Wildman–Crippen MR) is 56.8 cm³/mol. The fourth-order valence-corrected chi connectivity index (χ4v) is 1.83. The van der Waals surface area contributed by atoms with E-state index in [4.69, 9.17) is 0 Å². The minimum absolute atomic E-state index is 0.183. The fraction of sp³-hybridized carbons (Fsp3) is 0.333. The second-order valence-electron chi connectivity index (χ2n) is 2.74. The number of thiophene rings is 1. The van der Waals surface area contributed by atoms with Crippen LogP contribution in [0.5, 0.6) is 0 Å². The molecule has 0 atom stereocenters. The van der Waals surface area contributed by atoms with E-state index in [-0.39, 0.29) is 5.91 Å². The van der Waals surface area contributed by atoms with Crippen molar-refractivity contribution in [1.29, 1.82) is 0 Å². The quantitative estimate of drug-likeness (QED) is 0.612. The highest BCUT2D eigenvalue weighted by molar-refractivity contribution is 7.15. The van der Waals surface area contributed by atoms with Gasteiger partial charge in [-0.3, -0.25) is 9.80 Å². The van der Waals surface area contributed by atoms with Crippen LogP contribution in [0.4, 0.5) is 0 Å². The van der Waals surface area contributed by atoms with E-state index in [2.05, 4.69) is 10.2 Å². The molecule has 1 aromatic heterocycles. The van der Waals surface area contributed by atoms with Gasteiger partial charge in [0, 0.05) is 14.1 Å². The molecule has 0 radical (unpaired) electrons. The van der Waals surface area contributed by atoms with Crippen LogP contribution in [0.25, 0.3) is 0 Å². The Balaban J connectivity index is 2.84. The molecule has 0 aromatic carbocycles. The van der Waals surface area contributed by atoms with Crippen LogP contribution in [0.2, 0.25) is 0 Å². The molecule has 0 bridgehead atoms. The number of esters is 1.